The molecule has 0 amide bonds. The number of carbonyl (C=O) groups excluding carboxylic acids is 1. The van der Waals surface area contributed by atoms with Crippen LogP contribution in [0.15, 0.2) is 48.5 Å². The zero-order valence-electron chi connectivity index (χ0n) is 10.1. The minimum Gasteiger partial charge on any atom is -0.488 e. The molecule has 0 aliphatic heterocycles. The first-order chi connectivity index (χ1) is 8.84. The Morgan fingerprint density at radius 2 is 1.78 bits per heavy atom. The van der Waals surface area contributed by atoms with Gasteiger partial charge in [-0.25, -0.2) is 0 Å². The van der Waals surface area contributed by atoms with Gasteiger partial charge in [0.1, 0.15) is 12.4 Å². The van der Waals surface area contributed by atoms with E-state index in [0.717, 1.165) is 28.9 Å². The predicted octanol–water partition coefficient (Wildman–Crippen LogP) is 3.39. The normalized spacial score (nSPS) is 13.4. The second kappa shape index (κ2) is 4.65. The van der Waals surface area contributed by atoms with Gasteiger partial charge < -0.3 is 4.74 Å². The summed E-state index contributed by atoms with van der Waals surface area (Å²) >= 11 is 0. The van der Waals surface area contributed by atoms with Crippen LogP contribution in [-0.4, -0.2) is 5.78 Å². The molecule has 0 N–H and O–H groups in total. The van der Waals surface area contributed by atoms with Crippen molar-refractivity contribution in [3.05, 3.63) is 65.2 Å². The minimum absolute atomic E-state index is 0.202. The number of carbonyl (C=O) groups is 1. The molecule has 1 aliphatic carbocycles. The highest BCUT2D eigenvalue weighted by Gasteiger charge is 2.23. The number of ether oxygens (including phenoxy) is 1. The molecule has 0 heterocycles. The molecule has 2 heteroatoms. The summed E-state index contributed by atoms with van der Waals surface area (Å²) in [6.07, 6.45) is 1.46. The van der Waals surface area contributed by atoms with Crippen molar-refractivity contribution in [3.63, 3.8) is 0 Å². The Balaban J connectivity index is 1.82. The Kier molecular flexibility index (Phi) is 2.85. The fourth-order valence-corrected chi connectivity index (χ4v) is 2.33. The van der Waals surface area contributed by atoms with Gasteiger partial charge in [0.05, 0.1) is 5.56 Å². The lowest BCUT2D eigenvalue weighted by atomic mass is 10.1. The lowest BCUT2D eigenvalue weighted by Crippen LogP contribution is -2.01. The molecule has 0 atom stereocenters. The Morgan fingerprint density at radius 3 is 2.61 bits per heavy atom. The molecule has 0 fully saturated rings. The number of hydrogen-bond acceptors (Lipinski definition) is 2. The van der Waals surface area contributed by atoms with E-state index in [1.54, 1.807) is 0 Å². The van der Waals surface area contributed by atoms with Gasteiger partial charge in [-0.15, -0.1) is 0 Å². The summed E-state index contributed by atoms with van der Waals surface area (Å²) in [4.78, 5) is 11.8. The summed E-state index contributed by atoms with van der Waals surface area (Å²) in [5, 5.41) is 0. The summed E-state index contributed by atoms with van der Waals surface area (Å²) in [6, 6.07) is 15.8. The molecule has 2 aromatic carbocycles. The second-order valence-electron chi connectivity index (χ2n) is 4.49. The van der Waals surface area contributed by atoms with Crippen molar-refractivity contribution >= 4 is 5.78 Å². The SMILES string of the molecule is O=C1CCc2cccc(OCc3ccccc3)c21. The molecule has 2 nitrogen and oxygen atoms in total. The van der Waals surface area contributed by atoms with E-state index in [4.69, 9.17) is 4.74 Å². The summed E-state index contributed by atoms with van der Waals surface area (Å²) in [7, 11) is 0. The maximum Gasteiger partial charge on any atom is 0.167 e. The van der Waals surface area contributed by atoms with Crippen LogP contribution in [0.25, 0.3) is 0 Å². The molecule has 2 aromatic rings. The zero-order valence-corrected chi connectivity index (χ0v) is 10.1. The summed E-state index contributed by atoms with van der Waals surface area (Å²) in [5.41, 5.74) is 3.01. The van der Waals surface area contributed by atoms with Crippen LogP contribution in [0, 0.1) is 0 Å². The largest absolute Gasteiger partial charge is 0.488 e. The summed E-state index contributed by atoms with van der Waals surface area (Å²) in [6.45, 7) is 0.505. The van der Waals surface area contributed by atoms with Crippen molar-refractivity contribution in [1.82, 2.24) is 0 Å². The van der Waals surface area contributed by atoms with Gasteiger partial charge in [0.15, 0.2) is 5.78 Å². The standard InChI is InChI=1S/C16H14O2/c17-14-10-9-13-7-4-8-15(16(13)14)18-11-12-5-2-1-3-6-12/h1-8H,9-11H2. The number of rotatable bonds is 3. The molecular weight excluding hydrogens is 224 g/mol. The van der Waals surface area contributed by atoms with Crippen LogP contribution in [0.1, 0.15) is 27.9 Å². The quantitative estimate of drug-likeness (QED) is 0.819. The molecule has 0 bridgehead atoms. The highest BCUT2D eigenvalue weighted by atomic mass is 16.5. The van der Waals surface area contributed by atoms with Crippen LogP contribution in [0.3, 0.4) is 0 Å². The van der Waals surface area contributed by atoms with Gasteiger partial charge in [0, 0.05) is 6.42 Å². The molecule has 1 aliphatic rings. The van der Waals surface area contributed by atoms with Gasteiger partial charge >= 0.3 is 0 Å². The Hall–Kier alpha value is -2.09. The highest BCUT2D eigenvalue weighted by molar-refractivity contribution is 6.02. The van der Waals surface area contributed by atoms with Crippen LogP contribution in [0.5, 0.6) is 5.75 Å². The molecular formula is C16H14O2. The van der Waals surface area contributed by atoms with E-state index in [2.05, 4.69) is 0 Å². The summed E-state index contributed by atoms with van der Waals surface area (Å²) < 4.78 is 5.78. The third kappa shape index (κ3) is 2.02. The van der Waals surface area contributed by atoms with Gasteiger partial charge in [-0.3, -0.25) is 4.79 Å². The van der Waals surface area contributed by atoms with E-state index in [-0.39, 0.29) is 5.78 Å². The van der Waals surface area contributed by atoms with Gasteiger partial charge in [0.2, 0.25) is 0 Å². The smallest absolute Gasteiger partial charge is 0.167 e. The van der Waals surface area contributed by atoms with Crippen LogP contribution in [-0.2, 0) is 13.0 Å². The van der Waals surface area contributed by atoms with Crippen molar-refractivity contribution in [3.8, 4) is 5.75 Å². The fraction of sp³-hybridized carbons (Fsp3) is 0.188. The van der Waals surface area contributed by atoms with Crippen molar-refractivity contribution in [2.24, 2.45) is 0 Å². The molecule has 0 spiro atoms. The van der Waals surface area contributed by atoms with E-state index in [1.807, 2.05) is 48.5 Å². The average Bonchev–Trinajstić information content (AvgIpc) is 2.80. The number of Topliss-reactive ketones (excluding diaryl/α,β-unsaturated/α-hetero) is 1. The van der Waals surface area contributed by atoms with Gasteiger partial charge in [-0.1, -0.05) is 42.5 Å². The van der Waals surface area contributed by atoms with Crippen LogP contribution in [0.4, 0.5) is 0 Å². The van der Waals surface area contributed by atoms with E-state index >= 15 is 0 Å². The van der Waals surface area contributed by atoms with Gasteiger partial charge in [-0.05, 0) is 23.6 Å². The molecule has 18 heavy (non-hydrogen) atoms. The van der Waals surface area contributed by atoms with Crippen molar-refractivity contribution in [2.45, 2.75) is 19.4 Å². The molecule has 0 saturated carbocycles. The number of hydrogen-bond donors (Lipinski definition) is 0. The number of benzene rings is 2. The van der Waals surface area contributed by atoms with Crippen LogP contribution < -0.4 is 4.74 Å². The molecule has 90 valence electrons. The van der Waals surface area contributed by atoms with Gasteiger partial charge in [0.25, 0.3) is 0 Å². The number of ketones is 1. The molecule has 0 aromatic heterocycles. The Morgan fingerprint density at radius 1 is 0.944 bits per heavy atom. The maximum atomic E-state index is 11.8. The van der Waals surface area contributed by atoms with E-state index in [9.17, 15) is 4.79 Å². The minimum atomic E-state index is 0.202. The first-order valence-electron chi connectivity index (χ1n) is 6.16. The topological polar surface area (TPSA) is 26.3 Å². The molecule has 0 unspecified atom stereocenters. The first kappa shape index (κ1) is 11.0. The molecule has 0 saturated heterocycles. The zero-order chi connectivity index (χ0) is 12.4. The van der Waals surface area contributed by atoms with E-state index in [1.165, 1.54) is 0 Å². The number of aryl methyl sites for hydroxylation is 1. The lowest BCUT2D eigenvalue weighted by Gasteiger charge is -2.09. The number of fused-ring (bicyclic) bond motifs is 1. The van der Waals surface area contributed by atoms with Crippen LogP contribution >= 0.6 is 0 Å². The lowest BCUT2D eigenvalue weighted by molar-refractivity contribution is 0.0990. The second-order valence-corrected chi connectivity index (χ2v) is 4.49. The third-order valence-corrected chi connectivity index (χ3v) is 3.25. The highest BCUT2D eigenvalue weighted by Crippen LogP contribution is 2.30. The van der Waals surface area contributed by atoms with Crippen molar-refractivity contribution in [1.29, 1.82) is 0 Å². The van der Waals surface area contributed by atoms with E-state index in [0.29, 0.717) is 13.0 Å². The molecule has 3 rings (SSSR count). The fourth-order valence-electron chi connectivity index (χ4n) is 2.33. The molecule has 0 radical (unpaired) electrons. The summed E-state index contributed by atoms with van der Waals surface area (Å²) in [5.74, 6) is 0.924. The Labute approximate surface area is 106 Å². The third-order valence-electron chi connectivity index (χ3n) is 3.25. The first-order valence-corrected chi connectivity index (χ1v) is 6.16. The predicted molar refractivity (Wildman–Crippen MR) is 69.9 cm³/mol. The van der Waals surface area contributed by atoms with Gasteiger partial charge in [-0.2, -0.15) is 0 Å². The maximum absolute atomic E-state index is 11.8. The average molecular weight is 238 g/mol. The Bertz CT molecular complexity index is 573. The van der Waals surface area contributed by atoms with Crippen LogP contribution in [0.2, 0.25) is 0 Å². The van der Waals surface area contributed by atoms with Crippen molar-refractivity contribution < 1.29 is 9.53 Å². The van der Waals surface area contributed by atoms with Crippen molar-refractivity contribution in [2.75, 3.05) is 0 Å². The van der Waals surface area contributed by atoms with E-state index < -0.39 is 0 Å². The monoisotopic (exact) mass is 238 g/mol.